The van der Waals surface area contributed by atoms with Crippen molar-refractivity contribution in [1.29, 1.82) is 0 Å². The van der Waals surface area contributed by atoms with Crippen LogP contribution in [0.15, 0.2) is 36.4 Å². The molecular weight excluding hydrogens is 184 g/mol. The van der Waals surface area contributed by atoms with Crippen LogP contribution in [0.2, 0.25) is 0 Å². The van der Waals surface area contributed by atoms with Crippen LogP contribution in [0.4, 0.5) is 0 Å². The average Bonchev–Trinajstić information content (AvgIpc) is 2.62. The van der Waals surface area contributed by atoms with E-state index in [0.717, 1.165) is 11.4 Å². The molecule has 78 valence electrons. The van der Waals surface area contributed by atoms with Crippen molar-refractivity contribution < 1.29 is 0 Å². The first-order valence-electron chi connectivity index (χ1n) is 5.19. The molecular formula is C13H16N2. The van der Waals surface area contributed by atoms with Crippen LogP contribution < -0.4 is 5.73 Å². The average molecular weight is 200 g/mol. The SMILES string of the molecule is Cc1cc(-c2ccccc2)c([C@H](C)N)[nH]1. The lowest BCUT2D eigenvalue weighted by Crippen LogP contribution is -2.06. The third-order valence-electron chi connectivity index (χ3n) is 2.52. The van der Waals surface area contributed by atoms with Crippen LogP contribution in [0.5, 0.6) is 0 Å². The van der Waals surface area contributed by atoms with Gasteiger partial charge in [0.15, 0.2) is 0 Å². The molecule has 2 rings (SSSR count). The predicted molar refractivity (Wildman–Crippen MR) is 63.6 cm³/mol. The molecule has 0 fully saturated rings. The highest BCUT2D eigenvalue weighted by Gasteiger charge is 2.11. The van der Waals surface area contributed by atoms with Crippen molar-refractivity contribution in [3.8, 4) is 11.1 Å². The van der Waals surface area contributed by atoms with Crippen molar-refractivity contribution in [2.24, 2.45) is 5.73 Å². The number of hydrogen-bond donors (Lipinski definition) is 2. The minimum atomic E-state index is 0.0360. The number of aromatic nitrogens is 1. The van der Waals surface area contributed by atoms with Crippen molar-refractivity contribution >= 4 is 0 Å². The van der Waals surface area contributed by atoms with Gasteiger partial charge >= 0.3 is 0 Å². The number of benzene rings is 1. The first-order valence-corrected chi connectivity index (χ1v) is 5.19. The molecule has 0 unspecified atom stereocenters. The second-order valence-corrected chi connectivity index (χ2v) is 3.93. The molecule has 15 heavy (non-hydrogen) atoms. The predicted octanol–water partition coefficient (Wildman–Crippen LogP) is 3.01. The van der Waals surface area contributed by atoms with Gasteiger partial charge in [-0.05, 0) is 25.5 Å². The number of rotatable bonds is 2. The lowest BCUT2D eigenvalue weighted by Gasteiger charge is -2.07. The molecule has 2 heteroatoms. The third-order valence-corrected chi connectivity index (χ3v) is 2.52. The first-order chi connectivity index (χ1) is 7.18. The van der Waals surface area contributed by atoms with Gasteiger partial charge < -0.3 is 10.7 Å². The summed E-state index contributed by atoms with van der Waals surface area (Å²) in [5, 5.41) is 0. The Bertz CT molecular complexity index is 441. The molecule has 0 spiro atoms. The summed E-state index contributed by atoms with van der Waals surface area (Å²) in [6.45, 7) is 4.05. The van der Waals surface area contributed by atoms with Crippen LogP contribution in [0.1, 0.15) is 24.4 Å². The van der Waals surface area contributed by atoms with Gasteiger partial charge in [0.05, 0.1) is 0 Å². The van der Waals surface area contributed by atoms with Gasteiger partial charge in [0.2, 0.25) is 0 Å². The maximum absolute atomic E-state index is 5.93. The van der Waals surface area contributed by atoms with Crippen LogP contribution in [-0.4, -0.2) is 4.98 Å². The number of aromatic amines is 1. The van der Waals surface area contributed by atoms with Crippen molar-refractivity contribution in [3.63, 3.8) is 0 Å². The molecule has 2 nitrogen and oxygen atoms in total. The first kappa shape index (κ1) is 9.99. The molecule has 0 aliphatic rings. The van der Waals surface area contributed by atoms with Gasteiger partial charge in [-0.3, -0.25) is 0 Å². The van der Waals surface area contributed by atoms with Crippen molar-refractivity contribution in [2.75, 3.05) is 0 Å². The lowest BCUT2D eigenvalue weighted by atomic mass is 10.0. The fraction of sp³-hybridized carbons (Fsp3) is 0.231. The van der Waals surface area contributed by atoms with E-state index in [1.807, 2.05) is 25.1 Å². The third kappa shape index (κ3) is 1.95. The Morgan fingerprint density at radius 1 is 1.20 bits per heavy atom. The molecule has 0 saturated carbocycles. The van der Waals surface area contributed by atoms with Crippen LogP contribution in [0, 0.1) is 6.92 Å². The maximum Gasteiger partial charge on any atom is 0.0425 e. The Kier molecular flexibility index (Phi) is 2.60. The van der Waals surface area contributed by atoms with E-state index in [4.69, 9.17) is 5.73 Å². The van der Waals surface area contributed by atoms with Crippen LogP contribution in [0.3, 0.4) is 0 Å². The molecule has 1 aromatic heterocycles. The van der Waals surface area contributed by atoms with Gasteiger partial charge in [-0.1, -0.05) is 30.3 Å². The molecule has 0 saturated heterocycles. The van der Waals surface area contributed by atoms with E-state index < -0.39 is 0 Å². The summed E-state index contributed by atoms with van der Waals surface area (Å²) in [6, 6.07) is 12.5. The van der Waals surface area contributed by atoms with E-state index in [-0.39, 0.29) is 6.04 Å². The van der Waals surface area contributed by atoms with Gasteiger partial charge in [0.1, 0.15) is 0 Å². The Hall–Kier alpha value is -1.54. The second-order valence-electron chi connectivity index (χ2n) is 3.93. The zero-order chi connectivity index (χ0) is 10.8. The van der Waals surface area contributed by atoms with E-state index in [1.165, 1.54) is 11.1 Å². The van der Waals surface area contributed by atoms with E-state index >= 15 is 0 Å². The van der Waals surface area contributed by atoms with Gasteiger partial charge in [0.25, 0.3) is 0 Å². The van der Waals surface area contributed by atoms with Crippen LogP contribution in [-0.2, 0) is 0 Å². The maximum atomic E-state index is 5.93. The zero-order valence-corrected chi connectivity index (χ0v) is 9.12. The Labute approximate surface area is 90.1 Å². The Balaban J connectivity index is 2.53. The Morgan fingerprint density at radius 2 is 1.87 bits per heavy atom. The molecule has 1 atom stereocenters. The molecule has 0 amide bonds. The van der Waals surface area contributed by atoms with Crippen molar-refractivity contribution in [3.05, 3.63) is 47.8 Å². The summed E-state index contributed by atoms with van der Waals surface area (Å²) in [4.78, 5) is 3.32. The monoisotopic (exact) mass is 200 g/mol. The highest BCUT2D eigenvalue weighted by atomic mass is 14.8. The molecule has 1 heterocycles. The molecule has 0 radical (unpaired) electrons. The topological polar surface area (TPSA) is 41.8 Å². The summed E-state index contributed by atoms with van der Waals surface area (Å²) >= 11 is 0. The molecule has 0 bridgehead atoms. The number of aryl methyl sites for hydroxylation is 1. The normalized spacial score (nSPS) is 12.7. The van der Waals surface area contributed by atoms with Gasteiger partial charge in [0, 0.05) is 23.0 Å². The summed E-state index contributed by atoms with van der Waals surface area (Å²) in [5.41, 5.74) is 10.6. The van der Waals surface area contributed by atoms with Gasteiger partial charge in [-0.25, -0.2) is 0 Å². The second kappa shape index (κ2) is 3.91. The smallest absolute Gasteiger partial charge is 0.0425 e. The fourth-order valence-electron chi connectivity index (χ4n) is 1.83. The minimum absolute atomic E-state index is 0.0360. The zero-order valence-electron chi connectivity index (χ0n) is 9.12. The summed E-state index contributed by atoms with van der Waals surface area (Å²) in [6.07, 6.45) is 0. The molecule has 2 aromatic rings. The highest BCUT2D eigenvalue weighted by molar-refractivity contribution is 5.67. The number of nitrogens with two attached hydrogens (primary N) is 1. The van der Waals surface area contributed by atoms with Gasteiger partial charge in [-0.2, -0.15) is 0 Å². The molecule has 3 N–H and O–H groups in total. The van der Waals surface area contributed by atoms with E-state index in [1.54, 1.807) is 0 Å². The number of H-pyrrole nitrogens is 1. The summed E-state index contributed by atoms with van der Waals surface area (Å²) in [7, 11) is 0. The Morgan fingerprint density at radius 3 is 2.47 bits per heavy atom. The van der Waals surface area contributed by atoms with E-state index in [0.29, 0.717) is 0 Å². The summed E-state index contributed by atoms with van der Waals surface area (Å²) < 4.78 is 0. The largest absolute Gasteiger partial charge is 0.361 e. The summed E-state index contributed by atoms with van der Waals surface area (Å²) in [5.74, 6) is 0. The molecule has 0 aliphatic heterocycles. The number of nitrogens with one attached hydrogen (secondary N) is 1. The van der Waals surface area contributed by atoms with E-state index in [2.05, 4.69) is 30.1 Å². The van der Waals surface area contributed by atoms with E-state index in [9.17, 15) is 0 Å². The van der Waals surface area contributed by atoms with Gasteiger partial charge in [-0.15, -0.1) is 0 Å². The molecule has 0 aliphatic carbocycles. The van der Waals surface area contributed by atoms with Crippen LogP contribution in [0.25, 0.3) is 11.1 Å². The van der Waals surface area contributed by atoms with Crippen molar-refractivity contribution in [2.45, 2.75) is 19.9 Å². The fourth-order valence-corrected chi connectivity index (χ4v) is 1.83. The standard InChI is InChI=1S/C13H16N2/c1-9-8-12(13(15-9)10(2)14)11-6-4-3-5-7-11/h3-8,10,15H,14H2,1-2H3/t10-/m0/s1. The molecule has 1 aromatic carbocycles. The quantitative estimate of drug-likeness (QED) is 0.768. The van der Waals surface area contributed by atoms with Crippen molar-refractivity contribution in [1.82, 2.24) is 4.98 Å². The number of hydrogen-bond acceptors (Lipinski definition) is 1. The minimum Gasteiger partial charge on any atom is -0.361 e. The highest BCUT2D eigenvalue weighted by Crippen LogP contribution is 2.27. The lowest BCUT2D eigenvalue weighted by molar-refractivity contribution is 0.788. The van der Waals surface area contributed by atoms with Crippen LogP contribution >= 0.6 is 0 Å².